The van der Waals surface area contributed by atoms with Gasteiger partial charge in [0.25, 0.3) is 10.0 Å². The molecule has 0 heterocycles. The molecule has 0 atom stereocenters. The van der Waals surface area contributed by atoms with Crippen molar-refractivity contribution in [1.29, 1.82) is 0 Å². The van der Waals surface area contributed by atoms with E-state index in [9.17, 15) is 13.2 Å². The van der Waals surface area contributed by atoms with Crippen LogP contribution in [0.2, 0.25) is 0 Å². The average Bonchev–Trinajstić information content (AvgIpc) is 2.42. The lowest BCUT2D eigenvalue weighted by Gasteiger charge is -2.07. The molecule has 0 fully saturated rings. The third-order valence-corrected chi connectivity index (χ3v) is 3.45. The Bertz CT molecular complexity index is 488. The Hall–Kier alpha value is -1.44. The lowest BCUT2D eigenvalue weighted by molar-refractivity contribution is -0.147. The van der Waals surface area contributed by atoms with E-state index < -0.39 is 16.0 Å². The second-order valence-corrected chi connectivity index (χ2v) is 5.52. The number of carbonyl (C=O) groups is 1. The summed E-state index contributed by atoms with van der Waals surface area (Å²) in [5.41, 5.74) is 0. The molecule has 1 rings (SSSR count). The van der Waals surface area contributed by atoms with Crippen molar-refractivity contribution in [2.24, 2.45) is 0 Å². The Labute approximate surface area is 113 Å². The summed E-state index contributed by atoms with van der Waals surface area (Å²) in [6, 6.07) is 7.71. The molecule has 0 aliphatic rings. The first-order valence-electron chi connectivity index (χ1n) is 6.03. The maximum atomic E-state index is 11.7. The molecule has 6 nitrogen and oxygen atoms in total. The monoisotopic (exact) mass is 286 g/mol. The summed E-state index contributed by atoms with van der Waals surface area (Å²) in [6.45, 7) is 3.28. The fourth-order valence-electron chi connectivity index (χ4n) is 1.29. The van der Waals surface area contributed by atoms with Gasteiger partial charge in [0.2, 0.25) is 0 Å². The van der Waals surface area contributed by atoms with Gasteiger partial charge in [-0.1, -0.05) is 25.1 Å². The first-order valence-corrected chi connectivity index (χ1v) is 7.52. The zero-order valence-electron chi connectivity index (χ0n) is 10.8. The normalized spacial score (nSPS) is 11.2. The Kier molecular flexibility index (Phi) is 6.48. The first-order chi connectivity index (χ1) is 9.06. The molecule has 0 spiro atoms. The third-order valence-electron chi connectivity index (χ3n) is 2.25. The summed E-state index contributed by atoms with van der Waals surface area (Å²) in [5.74, 6) is -0.622. The minimum Gasteiger partial charge on any atom is -0.356 e. The molecule has 0 saturated carbocycles. The summed E-state index contributed by atoms with van der Waals surface area (Å²) in [4.78, 5) is 17.7. The Morgan fingerprint density at radius 1 is 1.21 bits per heavy atom. The molecule has 0 bridgehead atoms. The number of sulfonamides is 1. The van der Waals surface area contributed by atoms with Crippen LogP contribution in [-0.4, -0.2) is 27.5 Å². The van der Waals surface area contributed by atoms with Crippen LogP contribution < -0.4 is 10.2 Å². The van der Waals surface area contributed by atoms with Crippen molar-refractivity contribution in [3.8, 4) is 0 Å². The zero-order valence-corrected chi connectivity index (χ0v) is 11.6. The molecule has 0 radical (unpaired) electrons. The van der Waals surface area contributed by atoms with E-state index in [1.165, 1.54) is 12.1 Å². The van der Waals surface area contributed by atoms with Crippen LogP contribution in [0.4, 0.5) is 0 Å². The van der Waals surface area contributed by atoms with Crippen LogP contribution >= 0.6 is 0 Å². The van der Waals surface area contributed by atoms with Gasteiger partial charge in [-0.25, -0.2) is 8.42 Å². The van der Waals surface area contributed by atoms with Crippen LogP contribution in [0.25, 0.3) is 0 Å². The van der Waals surface area contributed by atoms with E-state index in [-0.39, 0.29) is 11.3 Å². The molecule has 19 heavy (non-hydrogen) atoms. The highest BCUT2D eigenvalue weighted by Gasteiger charge is 2.15. The third kappa shape index (κ3) is 5.82. The van der Waals surface area contributed by atoms with Gasteiger partial charge in [0.1, 0.15) is 0 Å². The van der Waals surface area contributed by atoms with Crippen LogP contribution in [0, 0.1) is 0 Å². The lowest BCUT2D eigenvalue weighted by Crippen LogP contribution is -2.29. The van der Waals surface area contributed by atoms with Gasteiger partial charge in [-0.3, -0.25) is 4.79 Å². The van der Waals surface area contributed by atoms with Gasteiger partial charge in [-0.05, 0) is 30.0 Å². The number of hydrogen-bond donors (Lipinski definition) is 2. The topological polar surface area (TPSA) is 84.5 Å². The molecular weight excluding hydrogens is 268 g/mol. The molecule has 0 aliphatic heterocycles. The van der Waals surface area contributed by atoms with Gasteiger partial charge in [-0.15, -0.1) is 0 Å². The van der Waals surface area contributed by atoms with Crippen molar-refractivity contribution < 1.29 is 18.0 Å². The standard InChI is InChI=1S/C12H18N2O4S/c1-2-9-13-10-8-12(15)18-14-19(16,17)11-6-4-3-5-7-11/h3-7,13-14H,2,8-10H2,1H3. The fraction of sp³-hybridized carbons (Fsp3) is 0.417. The Morgan fingerprint density at radius 2 is 1.89 bits per heavy atom. The highest BCUT2D eigenvalue weighted by Crippen LogP contribution is 2.06. The van der Waals surface area contributed by atoms with E-state index in [0.29, 0.717) is 6.54 Å². The van der Waals surface area contributed by atoms with Crippen LogP contribution in [0.5, 0.6) is 0 Å². The molecule has 7 heteroatoms. The number of rotatable bonds is 8. The summed E-state index contributed by atoms with van der Waals surface area (Å²) in [6.07, 6.45) is 1.08. The van der Waals surface area contributed by atoms with Gasteiger partial charge in [0.15, 0.2) is 0 Å². The Balaban J connectivity index is 2.37. The van der Waals surface area contributed by atoms with Gasteiger partial charge < -0.3 is 10.2 Å². The molecule has 0 unspecified atom stereocenters. The second kappa shape index (κ2) is 7.88. The van der Waals surface area contributed by atoms with Crippen molar-refractivity contribution in [3.63, 3.8) is 0 Å². The molecule has 0 aromatic heterocycles. The van der Waals surface area contributed by atoms with Crippen LogP contribution in [0.1, 0.15) is 19.8 Å². The lowest BCUT2D eigenvalue weighted by atomic mass is 10.4. The quantitative estimate of drug-likeness (QED) is 0.546. The summed E-state index contributed by atoms with van der Waals surface area (Å²) in [7, 11) is -3.80. The van der Waals surface area contributed by atoms with Crippen molar-refractivity contribution in [3.05, 3.63) is 30.3 Å². The fourth-order valence-corrected chi connectivity index (χ4v) is 2.11. The van der Waals surface area contributed by atoms with Crippen molar-refractivity contribution >= 4 is 16.0 Å². The molecule has 0 saturated heterocycles. The van der Waals surface area contributed by atoms with Crippen LogP contribution in [-0.2, 0) is 19.7 Å². The van der Waals surface area contributed by atoms with Crippen LogP contribution in [0.3, 0.4) is 0 Å². The van der Waals surface area contributed by atoms with Crippen molar-refractivity contribution in [2.75, 3.05) is 13.1 Å². The highest BCUT2D eigenvalue weighted by molar-refractivity contribution is 7.89. The minimum atomic E-state index is -3.80. The molecule has 0 amide bonds. The minimum absolute atomic E-state index is 0.0481. The van der Waals surface area contributed by atoms with Gasteiger partial charge in [0, 0.05) is 6.54 Å². The van der Waals surface area contributed by atoms with Gasteiger partial charge in [-0.2, -0.15) is 0 Å². The van der Waals surface area contributed by atoms with E-state index in [1.807, 2.05) is 11.8 Å². The van der Waals surface area contributed by atoms with Crippen molar-refractivity contribution in [1.82, 2.24) is 10.2 Å². The highest BCUT2D eigenvalue weighted by atomic mass is 32.2. The molecule has 106 valence electrons. The SMILES string of the molecule is CCCNCCC(=O)ONS(=O)(=O)c1ccccc1. The number of benzene rings is 1. The Morgan fingerprint density at radius 3 is 2.53 bits per heavy atom. The second-order valence-electron chi connectivity index (χ2n) is 3.87. The average molecular weight is 286 g/mol. The maximum absolute atomic E-state index is 11.7. The maximum Gasteiger partial charge on any atom is 0.327 e. The summed E-state index contributed by atoms with van der Waals surface area (Å²) >= 11 is 0. The molecule has 1 aromatic carbocycles. The molecule has 0 aliphatic carbocycles. The predicted octanol–water partition coefficient (Wildman–Crippen LogP) is 0.813. The van der Waals surface area contributed by atoms with Gasteiger partial charge in [0.05, 0.1) is 11.3 Å². The smallest absolute Gasteiger partial charge is 0.327 e. The van der Waals surface area contributed by atoms with E-state index >= 15 is 0 Å². The van der Waals surface area contributed by atoms with E-state index in [2.05, 4.69) is 10.2 Å². The summed E-state index contributed by atoms with van der Waals surface area (Å²) < 4.78 is 23.4. The largest absolute Gasteiger partial charge is 0.356 e. The molecule has 1 aromatic rings. The van der Waals surface area contributed by atoms with E-state index in [1.54, 1.807) is 18.2 Å². The number of carbonyl (C=O) groups excluding carboxylic acids is 1. The van der Waals surface area contributed by atoms with E-state index in [0.717, 1.165) is 13.0 Å². The number of nitrogens with one attached hydrogen (secondary N) is 2. The van der Waals surface area contributed by atoms with E-state index in [4.69, 9.17) is 0 Å². The van der Waals surface area contributed by atoms with Crippen LogP contribution in [0.15, 0.2) is 35.2 Å². The molecule has 2 N–H and O–H groups in total. The summed E-state index contributed by atoms with van der Waals surface area (Å²) in [5, 5.41) is 3.02. The molecular formula is C12H18N2O4S. The van der Waals surface area contributed by atoms with Crippen molar-refractivity contribution in [2.45, 2.75) is 24.7 Å². The zero-order chi connectivity index (χ0) is 14.1. The predicted molar refractivity (Wildman–Crippen MR) is 70.6 cm³/mol. The van der Waals surface area contributed by atoms with Gasteiger partial charge >= 0.3 is 5.97 Å². The first kappa shape index (κ1) is 15.6. The number of hydrogen-bond acceptors (Lipinski definition) is 5.